The summed E-state index contributed by atoms with van der Waals surface area (Å²) in [6.45, 7) is 0.818. The molecule has 1 aliphatic rings. The molecule has 1 aromatic carbocycles. The second-order valence-electron chi connectivity index (χ2n) is 4.77. The van der Waals surface area contributed by atoms with E-state index in [0.29, 0.717) is 6.54 Å². The minimum absolute atomic E-state index is 0.0185. The van der Waals surface area contributed by atoms with Crippen LogP contribution in [0.15, 0.2) is 35.2 Å². The maximum atomic E-state index is 11.7. The van der Waals surface area contributed by atoms with Crippen LogP contribution in [0.5, 0.6) is 0 Å². The molecule has 1 aromatic rings. The summed E-state index contributed by atoms with van der Waals surface area (Å²) in [5.41, 5.74) is 0. The molecule has 1 fully saturated rings. The number of carbonyl (C=O) groups is 1. The van der Waals surface area contributed by atoms with E-state index in [1.54, 1.807) is 16.7 Å². The first kappa shape index (κ1) is 15.3. The van der Waals surface area contributed by atoms with Gasteiger partial charge >= 0.3 is 0 Å². The Morgan fingerprint density at radius 2 is 2.00 bits per heavy atom. The lowest BCUT2D eigenvalue weighted by Crippen LogP contribution is -2.32. The minimum Gasteiger partial charge on any atom is -0.341 e. The molecule has 0 radical (unpaired) electrons. The number of nitrogens with two attached hydrogens (primary N) is 1. The van der Waals surface area contributed by atoms with Crippen LogP contribution in [0, 0.1) is 0 Å². The van der Waals surface area contributed by atoms with Gasteiger partial charge in [0.25, 0.3) is 0 Å². The summed E-state index contributed by atoms with van der Waals surface area (Å²) in [7, 11) is -3.61. The Morgan fingerprint density at radius 1 is 1.30 bits per heavy atom. The highest BCUT2D eigenvalue weighted by molar-refractivity contribution is 7.99. The molecule has 0 aliphatic carbocycles. The average Bonchev–Trinajstić information content (AvgIpc) is 2.77. The van der Waals surface area contributed by atoms with Crippen LogP contribution >= 0.6 is 11.8 Å². The fourth-order valence-electron chi connectivity index (χ4n) is 2.13. The van der Waals surface area contributed by atoms with E-state index in [-0.39, 0.29) is 18.9 Å². The van der Waals surface area contributed by atoms with Crippen molar-refractivity contribution < 1.29 is 13.2 Å². The van der Waals surface area contributed by atoms with Crippen LogP contribution in [-0.4, -0.2) is 43.3 Å². The third-order valence-corrected chi connectivity index (χ3v) is 5.57. The molecule has 110 valence electrons. The molecule has 0 aromatic heterocycles. The number of hydrogen-bond donors (Lipinski definition) is 1. The van der Waals surface area contributed by atoms with E-state index in [1.807, 2.05) is 30.3 Å². The van der Waals surface area contributed by atoms with Crippen molar-refractivity contribution in [2.45, 2.75) is 23.0 Å². The lowest BCUT2D eigenvalue weighted by molar-refractivity contribution is -0.127. The molecule has 0 spiro atoms. The zero-order valence-corrected chi connectivity index (χ0v) is 12.7. The molecule has 1 heterocycles. The third kappa shape index (κ3) is 4.22. The number of carbonyl (C=O) groups excluding carboxylic acids is 1. The quantitative estimate of drug-likeness (QED) is 0.629. The summed E-state index contributed by atoms with van der Waals surface area (Å²) < 4.78 is 22.5. The number of rotatable bonds is 6. The van der Waals surface area contributed by atoms with Gasteiger partial charge in [0.2, 0.25) is 15.9 Å². The van der Waals surface area contributed by atoms with Crippen molar-refractivity contribution in [2.75, 3.05) is 18.8 Å². The Bertz CT molecular complexity index is 560. The highest BCUT2D eigenvalue weighted by atomic mass is 32.2. The smallest absolute Gasteiger partial charge is 0.224 e. The van der Waals surface area contributed by atoms with E-state index in [4.69, 9.17) is 5.14 Å². The summed E-state index contributed by atoms with van der Waals surface area (Å²) in [4.78, 5) is 14.5. The second-order valence-corrected chi connectivity index (χ2v) is 7.78. The van der Waals surface area contributed by atoms with Crippen LogP contribution in [0.25, 0.3) is 0 Å². The number of benzene rings is 1. The number of primary sulfonamides is 1. The largest absolute Gasteiger partial charge is 0.341 e. The molecular weight excluding hydrogens is 296 g/mol. The maximum absolute atomic E-state index is 11.7. The van der Waals surface area contributed by atoms with Gasteiger partial charge < -0.3 is 4.90 Å². The van der Waals surface area contributed by atoms with Crippen molar-refractivity contribution in [2.24, 2.45) is 5.14 Å². The standard InChI is InChI=1S/C13H18N2O3S2/c14-20(17,18)12-9-13(16)15(10-12)7-4-8-19-11-5-2-1-3-6-11/h1-3,5-6,12H,4,7-10H2,(H2,14,17,18). The van der Waals surface area contributed by atoms with Crippen molar-refractivity contribution in [3.05, 3.63) is 30.3 Å². The number of likely N-dealkylation sites (tertiary alicyclic amines) is 1. The molecule has 20 heavy (non-hydrogen) atoms. The van der Waals surface area contributed by atoms with E-state index >= 15 is 0 Å². The maximum Gasteiger partial charge on any atom is 0.224 e. The van der Waals surface area contributed by atoms with Crippen molar-refractivity contribution in [3.63, 3.8) is 0 Å². The second kappa shape index (κ2) is 6.60. The lowest BCUT2D eigenvalue weighted by Gasteiger charge is -2.15. The van der Waals surface area contributed by atoms with Gasteiger partial charge in [0.1, 0.15) is 5.25 Å². The van der Waals surface area contributed by atoms with Crippen molar-refractivity contribution in [3.8, 4) is 0 Å². The molecule has 2 rings (SSSR count). The highest BCUT2D eigenvalue weighted by Crippen LogP contribution is 2.20. The first-order chi connectivity index (χ1) is 9.47. The number of sulfonamides is 1. The zero-order valence-electron chi connectivity index (χ0n) is 11.1. The monoisotopic (exact) mass is 314 g/mol. The van der Waals surface area contributed by atoms with Crippen LogP contribution < -0.4 is 5.14 Å². The molecule has 7 heteroatoms. The topological polar surface area (TPSA) is 80.5 Å². The summed E-state index contributed by atoms with van der Waals surface area (Å²) in [5.74, 6) is 0.780. The first-order valence-corrected chi connectivity index (χ1v) is 9.03. The summed E-state index contributed by atoms with van der Waals surface area (Å²) in [6.07, 6.45) is 0.854. The van der Waals surface area contributed by atoms with Crippen LogP contribution in [0.1, 0.15) is 12.8 Å². The van der Waals surface area contributed by atoms with Gasteiger partial charge in [0, 0.05) is 24.4 Å². The number of amides is 1. The summed E-state index contributed by atoms with van der Waals surface area (Å²) >= 11 is 1.73. The number of thioether (sulfide) groups is 1. The van der Waals surface area contributed by atoms with Crippen LogP contribution in [0.3, 0.4) is 0 Å². The lowest BCUT2D eigenvalue weighted by atomic mass is 10.4. The van der Waals surface area contributed by atoms with E-state index in [1.165, 1.54) is 4.90 Å². The average molecular weight is 314 g/mol. The molecule has 2 N–H and O–H groups in total. The molecular formula is C13H18N2O3S2. The third-order valence-electron chi connectivity index (χ3n) is 3.23. The zero-order chi connectivity index (χ0) is 14.6. The van der Waals surface area contributed by atoms with E-state index in [0.717, 1.165) is 12.2 Å². The van der Waals surface area contributed by atoms with Gasteiger partial charge in [0.15, 0.2) is 0 Å². The Kier molecular flexibility index (Phi) is 5.06. The van der Waals surface area contributed by atoms with Gasteiger partial charge in [-0.2, -0.15) is 0 Å². The summed E-state index contributed by atoms with van der Waals surface area (Å²) in [6, 6.07) is 10.0. The molecule has 1 aliphatic heterocycles. The molecule has 0 saturated carbocycles. The first-order valence-electron chi connectivity index (χ1n) is 6.44. The van der Waals surface area contributed by atoms with Crippen molar-refractivity contribution in [1.29, 1.82) is 0 Å². The molecule has 1 saturated heterocycles. The molecule has 1 amide bonds. The van der Waals surface area contributed by atoms with Gasteiger partial charge in [0.05, 0.1) is 0 Å². The SMILES string of the molecule is NS(=O)(=O)C1CC(=O)N(CCCSc2ccccc2)C1. The van der Waals surface area contributed by atoms with E-state index in [9.17, 15) is 13.2 Å². The highest BCUT2D eigenvalue weighted by Gasteiger charge is 2.35. The predicted octanol–water partition coefficient (Wildman–Crippen LogP) is 1.06. The van der Waals surface area contributed by atoms with Crippen LogP contribution in [0.2, 0.25) is 0 Å². The normalized spacial score (nSPS) is 19.6. The fourth-order valence-corrected chi connectivity index (χ4v) is 3.76. The molecule has 1 unspecified atom stereocenters. The van der Waals surface area contributed by atoms with Gasteiger partial charge in [-0.1, -0.05) is 18.2 Å². The van der Waals surface area contributed by atoms with Gasteiger partial charge in [-0.25, -0.2) is 13.6 Å². The van der Waals surface area contributed by atoms with Crippen molar-refractivity contribution in [1.82, 2.24) is 4.90 Å². The fraction of sp³-hybridized carbons (Fsp3) is 0.462. The van der Waals surface area contributed by atoms with Gasteiger partial charge in [-0.3, -0.25) is 4.79 Å². The van der Waals surface area contributed by atoms with Gasteiger partial charge in [-0.05, 0) is 24.3 Å². The Labute approximate surface area is 123 Å². The van der Waals surface area contributed by atoms with E-state index < -0.39 is 15.3 Å². The van der Waals surface area contributed by atoms with Crippen molar-refractivity contribution >= 4 is 27.7 Å². The van der Waals surface area contributed by atoms with Crippen LogP contribution in [0.4, 0.5) is 0 Å². The Morgan fingerprint density at radius 3 is 2.60 bits per heavy atom. The van der Waals surface area contributed by atoms with Gasteiger partial charge in [-0.15, -0.1) is 11.8 Å². The Balaban J connectivity index is 1.74. The summed E-state index contributed by atoms with van der Waals surface area (Å²) in [5, 5.41) is 4.35. The number of nitrogens with zero attached hydrogens (tertiary/aromatic N) is 1. The van der Waals surface area contributed by atoms with E-state index in [2.05, 4.69) is 0 Å². The molecule has 5 nitrogen and oxygen atoms in total. The minimum atomic E-state index is -3.61. The molecule has 1 atom stereocenters. The predicted molar refractivity (Wildman–Crippen MR) is 79.9 cm³/mol. The molecule has 0 bridgehead atoms. The Hall–Kier alpha value is -1.05. The number of hydrogen-bond acceptors (Lipinski definition) is 4. The van der Waals surface area contributed by atoms with Crippen LogP contribution in [-0.2, 0) is 14.8 Å².